The minimum Gasteiger partial charge on any atom is -0.464 e. The molecular weight excluding hydrogens is 204 g/mol. The number of nitriles is 1. The van der Waals surface area contributed by atoms with E-state index in [4.69, 9.17) is 10.00 Å². The van der Waals surface area contributed by atoms with E-state index in [1.807, 2.05) is 6.92 Å². The number of hydrogen-bond acceptors (Lipinski definition) is 3. The zero-order valence-electron chi connectivity index (χ0n) is 9.64. The Morgan fingerprint density at radius 3 is 2.94 bits per heavy atom. The Kier molecular flexibility index (Phi) is 4.59. The van der Waals surface area contributed by atoms with Crippen LogP contribution in [0.25, 0.3) is 0 Å². The highest BCUT2D eigenvalue weighted by atomic mass is 16.5. The number of carbonyl (C=O) groups is 1. The Hall–Kier alpha value is -1.76. The van der Waals surface area contributed by atoms with Crippen LogP contribution in [0.15, 0.2) is 18.3 Å². The molecule has 0 saturated carbocycles. The Balaban J connectivity index is 2.94. The normalized spacial score (nSPS) is 11.8. The Labute approximate surface area is 95.4 Å². The summed E-state index contributed by atoms with van der Waals surface area (Å²) in [6, 6.07) is 5.15. The van der Waals surface area contributed by atoms with Gasteiger partial charge in [0, 0.05) is 6.20 Å². The Morgan fingerprint density at radius 1 is 1.62 bits per heavy atom. The molecular formula is C12H16N2O2. The molecule has 0 amide bonds. The van der Waals surface area contributed by atoms with E-state index in [9.17, 15) is 4.79 Å². The van der Waals surface area contributed by atoms with Gasteiger partial charge in [-0.3, -0.25) is 0 Å². The molecule has 0 aromatic carbocycles. The maximum atomic E-state index is 11.7. The second kappa shape index (κ2) is 5.96. The molecule has 0 saturated heterocycles. The van der Waals surface area contributed by atoms with E-state index in [2.05, 4.69) is 6.07 Å². The Bertz CT molecular complexity index is 390. The fourth-order valence-electron chi connectivity index (χ4n) is 1.64. The van der Waals surface area contributed by atoms with Gasteiger partial charge in [-0.25, -0.2) is 4.79 Å². The van der Waals surface area contributed by atoms with Crippen LogP contribution in [0.4, 0.5) is 0 Å². The van der Waals surface area contributed by atoms with Crippen molar-refractivity contribution in [1.29, 1.82) is 5.26 Å². The molecule has 1 unspecified atom stereocenters. The number of nitrogens with zero attached hydrogens (tertiary/aromatic N) is 2. The molecule has 4 nitrogen and oxygen atoms in total. The van der Waals surface area contributed by atoms with Gasteiger partial charge < -0.3 is 9.30 Å². The van der Waals surface area contributed by atoms with E-state index >= 15 is 0 Å². The van der Waals surface area contributed by atoms with Crippen LogP contribution in [0.1, 0.15) is 38.4 Å². The lowest BCUT2D eigenvalue weighted by Crippen LogP contribution is -2.22. The lowest BCUT2D eigenvalue weighted by molar-refractivity contribution is -0.147. The van der Waals surface area contributed by atoms with Gasteiger partial charge in [0.2, 0.25) is 0 Å². The molecule has 0 N–H and O–H groups in total. The highest BCUT2D eigenvalue weighted by molar-refractivity contribution is 5.74. The van der Waals surface area contributed by atoms with Crippen LogP contribution in [0.2, 0.25) is 0 Å². The van der Waals surface area contributed by atoms with Crippen LogP contribution in [-0.2, 0) is 9.53 Å². The van der Waals surface area contributed by atoms with Gasteiger partial charge in [0.25, 0.3) is 0 Å². The second-order valence-electron chi connectivity index (χ2n) is 3.47. The summed E-state index contributed by atoms with van der Waals surface area (Å²) >= 11 is 0. The highest BCUT2D eigenvalue weighted by Crippen LogP contribution is 2.18. The molecule has 0 aliphatic rings. The van der Waals surface area contributed by atoms with E-state index in [0.717, 1.165) is 6.42 Å². The first-order valence-electron chi connectivity index (χ1n) is 5.48. The molecule has 1 rings (SSSR count). The zero-order chi connectivity index (χ0) is 12.0. The Morgan fingerprint density at radius 2 is 2.38 bits per heavy atom. The van der Waals surface area contributed by atoms with Crippen molar-refractivity contribution < 1.29 is 9.53 Å². The predicted molar refractivity (Wildman–Crippen MR) is 59.7 cm³/mol. The number of carbonyl (C=O) groups excluding carboxylic acids is 1. The van der Waals surface area contributed by atoms with Gasteiger partial charge in [-0.1, -0.05) is 13.3 Å². The van der Waals surface area contributed by atoms with Gasteiger partial charge in [0.05, 0.1) is 6.61 Å². The number of rotatable bonds is 5. The van der Waals surface area contributed by atoms with Crippen LogP contribution in [0, 0.1) is 11.3 Å². The standard InChI is InChI=1S/C12H16N2O2/c1-3-6-11(12(15)16-4-2)14-8-5-7-10(14)9-13/h5,7-8,11H,3-4,6H2,1-2H3. The smallest absolute Gasteiger partial charge is 0.329 e. The van der Waals surface area contributed by atoms with Crippen molar-refractivity contribution in [3.63, 3.8) is 0 Å². The van der Waals surface area contributed by atoms with Crippen LogP contribution in [0.5, 0.6) is 0 Å². The molecule has 0 fully saturated rings. The molecule has 0 bridgehead atoms. The third kappa shape index (κ3) is 2.63. The summed E-state index contributed by atoms with van der Waals surface area (Å²) in [7, 11) is 0. The molecule has 0 aliphatic heterocycles. The summed E-state index contributed by atoms with van der Waals surface area (Å²) in [5.74, 6) is -0.267. The summed E-state index contributed by atoms with van der Waals surface area (Å²) in [6.07, 6.45) is 3.30. The summed E-state index contributed by atoms with van der Waals surface area (Å²) < 4.78 is 6.69. The minimum absolute atomic E-state index is 0.267. The number of aromatic nitrogens is 1. The van der Waals surface area contributed by atoms with Gasteiger partial charge in [-0.05, 0) is 25.5 Å². The first-order valence-corrected chi connectivity index (χ1v) is 5.48. The summed E-state index contributed by atoms with van der Waals surface area (Å²) in [5.41, 5.74) is 0.492. The quantitative estimate of drug-likeness (QED) is 0.715. The molecule has 1 heterocycles. The van der Waals surface area contributed by atoms with E-state index in [1.165, 1.54) is 0 Å². The average Bonchev–Trinajstić information content (AvgIpc) is 2.73. The van der Waals surface area contributed by atoms with Crippen molar-refractivity contribution in [2.45, 2.75) is 32.7 Å². The molecule has 0 radical (unpaired) electrons. The topological polar surface area (TPSA) is 55.0 Å². The highest BCUT2D eigenvalue weighted by Gasteiger charge is 2.22. The van der Waals surface area contributed by atoms with E-state index in [1.54, 1.807) is 29.8 Å². The van der Waals surface area contributed by atoms with Crippen molar-refractivity contribution in [2.75, 3.05) is 6.61 Å². The van der Waals surface area contributed by atoms with Gasteiger partial charge in [0.15, 0.2) is 0 Å². The third-order valence-electron chi connectivity index (χ3n) is 2.35. The molecule has 0 spiro atoms. The maximum absolute atomic E-state index is 11.7. The van der Waals surface area contributed by atoms with E-state index in [-0.39, 0.29) is 12.0 Å². The zero-order valence-corrected chi connectivity index (χ0v) is 9.64. The van der Waals surface area contributed by atoms with Crippen molar-refractivity contribution >= 4 is 5.97 Å². The first-order chi connectivity index (χ1) is 7.74. The van der Waals surface area contributed by atoms with E-state index < -0.39 is 0 Å². The molecule has 1 atom stereocenters. The lowest BCUT2D eigenvalue weighted by Gasteiger charge is -2.17. The molecule has 0 aliphatic carbocycles. The van der Waals surface area contributed by atoms with E-state index in [0.29, 0.717) is 18.7 Å². The average molecular weight is 220 g/mol. The van der Waals surface area contributed by atoms with Crippen LogP contribution in [-0.4, -0.2) is 17.1 Å². The molecule has 16 heavy (non-hydrogen) atoms. The van der Waals surface area contributed by atoms with Crippen molar-refractivity contribution in [2.24, 2.45) is 0 Å². The minimum atomic E-state index is -0.380. The monoisotopic (exact) mass is 220 g/mol. The third-order valence-corrected chi connectivity index (χ3v) is 2.35. The van der Waals surface area contributed by atoms with Crippen molar-refractivity contribution in [3.05, 3.63) is 24.0 Å². The summed E-state index contributed by atoms with van der Waals surface area (Å²) in [5, 5.41) is 8.91. The first kappa shape index (κ1) is 12.3. The molecule has 1 aromatic heterocycles. The lowest BCUT2D eigenvalue weighted by atomic mass is 10.1. The van der Waals surface area contributed by atoms with Crippen LogP contribution >= 0.6 is 0 Å². The van der Waals surface area contributed by atoms with Gasteiger partial charge >= 0.3 is 5.97 Å². The van der Waals surface area contributed by atoms with Gasteiger partial charge in [0.1, 0.15) is 17.8 Å². The summed E-state index contributed by atoms with van der Waals surface area (Å²) in [6.45, 7) is 4.14. The number of hydrogen-bond donors (Lipinski definition) is 0. The fourth-order valence-corrected chi connectivity index (χ4v) is 1.64. The molecule has 86 valence electrons. The van der Waals surface area contributed by atoms with Gasteiger partial charge in [-0.15, -0.1) is 0 Å². The van der Waals surface area contributed by atoms with Crippen molar-refractivity contribution in [1.82, 2.24) is 4.57 Å². The number of esters is 1. The fraction of sp³-hybridized carbons (Fsp3) is 0.500. The number of ether oxygens (including phenoxy) is 1. The largest absolute Gasteiger partial charge is 0.464 e. The predicted octanol–water partition coefficient (Wildman–Crippen LogP) is 2.26. The van der Waals surface area contributed by atoms with Crippen molar-refractivity contribution in [3.8, 4) is 6.07 Å². The maximum Gasteiger partial charge on any atom is 0.329 e. The molecule has 1 aromatic rings. The van der Waals surface area contributed by atoms with Crippen LogP contribution < -0.4 is 0 Å². The second-order valence-corrected chi connectivity index (χ2v) is 3.47. The molecule has 4 heteroatoms. The SMILES string of the molecule is CCCC(C(=O)OCC)n1cccc1C#N. The van der Waals surface area contributed by atoms with Crippen LogP contribution in [0.3, 0.4) is 0 Å². The van der Waals surface area contributed by atoms with Gasteiger partial charge in [-0.2, -0.15) is 5.26 Å². The summed E-state index contributed by atoms with van der Waals surface area (Å²) in [4.78, 5) is 11.7.